The lowest BCUT2D eigenvalue weighted by atomic mass is 10.1. The van der Waals surface area contributed by atoms with Crippen LogP contribution in [0.25, 0.3) is 0 Å². The van der Waals surface area contributed by atoms with Crippen molar-refractivity contribution >= 4 is 17.6 Å². The molecule has 0 atom stereocenters. The van der Waals surface area contributed by atoms with Gasteiger partial charge in [-0.25, -0.2) is 4.79 Å². The Morgan fingerprint density at radius 1 is 1.41 bits per heavy atom. The predicted octanol–water partition coefficient (Wildman–Crippen LogP) is 1.52. The summed E-state index contributed by atoms with van der Waals surface area (Å²) in [6, 6.07) is 5.72. The fourth-order valence-electron chi connectivity index (χ4n) is 2.32. The highest BCUT2D eigenvalue weighted by atomic mass is 16.5. The average Bonchev–Trinajstić information content (AvgIpc) is 3.10. The normalized spacial score (nSPS) is 18.2. The van der Waals surface area contributed by atoms with E-state index in [1.807, 2.05) is 11.0 Å². The molecule has 1 amide bonds. The van der Waals surface area contributed by atoms with Crippen LogP contribution >= 0.6 is 0 Å². The molecular weight excluding hydrogens is 218 g/mol. The third kappa shape index (κ3) is 1.60. The molecule has 1 aliphatic carbocycles. The van der Waals surface area contributed by atoms with Gasteiger partial charge in [-0.2, -0.15) is 0 Å². The van der Waals surface area contributed by atoms with Gasteiger partial charge in [-0.3, -0.25) is 4.79 Å². The number of hydrogen-bond donors (Lipinski definition) is 0. The van der Waals surface area contributed by atoms with Gasteiger partial charge in [0.05, 0.1) is 19.1 Å². The fourth-order valence-corrected chi connectivity index (χ4v) is 2.32. The molecule has 0 unspecified atom stereocenters. The van der Waals surface area contributed by atoms with Crippen molar-refractivity contribution in [2.24, 2.45) is 0 Å². The highest BCUT2D eigenvalue weighted by molar-refractivity contribution is 6.03. The summed E-state index contributed by atoms with van der Waals surface area (Å²) < 4.78 is 4.67. The van der Waals surface area contributed by atoms with Crippen molar-refractivity contribution in [1.29, 1.82) is 0 Å². The molecule has 0 bridgehead atoms. The van der Waals surface area contributed by atoms with Crippen molar-refractivity contribution < 1.29 is 14.3 Å². The average molecular weight is 231 g/mol. The van der Waals surface area contributed by atoms with Crippen LogP contribution in [0.15, 0.2) is 18.2 Å². The zero-order chi connectivity index (χ0) is 12.0. The van der Waals surface area contributed by atoms with E-state index in [0.717, 1.165) is 24.1 Å². The Bertz CT molecular complexity index is 505. The molecule has 0 aromatic heterocycles. The van der Waals surface area contributed by atoms with E-state index in [4.69, 9.17) is 0 Å². The molecule has 0 radical (unpaired) electrons. The first-order chi connectivity index (χ1) is 8.20. The first-order valence-electron chi connectivity index (χ1n) is 5.74. The van der Waals surface area contributed by atoms with Gasteiger partial charge in [0, 0.05) is 11.7 Å². The van der Waals surface area contributed by atoms with E-state index in [2.05, 4.69) is 4.74 Å². The fraction of sp³-hybridized carbons (Fsp3) is 0.385. The highest BCUT2D eigenvalue weighted by Gasteiger charge is 2.38. The maximum Gasteiger partial charge on any atom is 0.337 e. The maximum absolute atomic E-state index is 11.9. The number of carbonyl (C=O) groups excluding carboxylic acids is 2. The van der Waals surface area contributed by atoms with Crippen LogP contribution in [0, 0.1) is 0 Å². The lowest BCUT2D eigenvalue weighted by molar-refractivity contribution is -0.117. The molecular formula is C13H13NO3. The monoisotopic (exact) mass is 231 g/mol. The quantitative estimate of drug-likeness (QED) is 0.725. The summed E-state index contributed by atoms with van der Waals surface area (Å²) in [5.74, 6) is -0.213. The minimum absolute atomic E-state index is 0.143. The van der Waals surface area contributed by atoms with Crippen LogP contribution in [0.5, 0.6) is 0 Å². The summed E-state index contributed by atoms with van der Waals surface area (Å²) in [6.45, 7) is 0. The molecule has 1 aromatic rings. The largest absolute Gasteiger partial charge is 0.465 e. The van der Waals surface area contributed by atoms with Crippen LogP contribution in [-0.2, 0) is 16.0 Å². The van der Waals surface area contributed by atoms with Gasteiger partial charge >= 0.3 is 5.97 Å². The number of hydrogen-bond acceptors (Lipinski definition) is 3. The molecule has 17 heavy (non-hydrogen) atoms. The number of amides is 1. The van der Waals surface area contributed by atoms with Gasteiger partial charge < -0.3 is 9.64 Å². The summed E-state index contributed by atoms with van der Waals surface area (Å²) >= 11 is 0. The number of anilines is 1. The molecule has 0 spiro atoms. The Labute approximate surface area is 99.2 Å². The van der Waals surface area contributed by atoms with Crippen molar-refractivity contribution in [3.05, 3.63) is 29.3 Å². The lowest BCUT2D eigenvalue weighted by Gasteiger charge is -2.16. The summed E-state index contributed by atoms with van der Waals surface area (Å²) in [6.07, 6.45) is 2.57. The number of benzene rings is 1. The van der Waals surface area contributed by atoms with Gasteiger partial charge in [-0.15, -0.1) is 0 Å². The molecule has 0 saturated heterocycles. The van der Waals surface area contributed by atoms with E-state index in [1.165, 1.54) is 7.11 Å². The van der Waals surface area contributed by atoms with Gasteiger partial charge in [-0.05, 0) is 36.6 Å². The second kappa shape index (κ2) is 3.58. The maximum atomic E-state index is 11.9. The molecule has 1 fully saturated rings. The predicted molar refractivity (Wildman–Crippen MR) is 62.0 cm³/mol. The number of methoxy groups -OCH3 is 1. The van der Waals surface area contributed by atoms with E-state index in [0.29, 0.717) is 18.0 Å². The van der Waals surface area contributed by atoms with E-state index in [-0.39, 0.29) is 11.9 Å². The molecule has 4 heteroatoms. The van der Waals surface area contributed by atoms with Gasteiger partial charge in [0.15, 0.2) is 0 Å². The Morgan fingerprint density at radius 3 is 2.82 bits per heavy atom. The molecule has 1 heterocycles. The topological polar surface area (TPSA) is 46.6 Å². The molecule has 1 aromatic carbocycles. The van der Waals surface area contributed by atoms with E-state index in [9.17, 15) is 9.59 Å². The zero-order valence-electron chi connectivity index (χ0n) is 9.60. The molecule has 1 saturated carbocycles. The highest BCUT2D eigenvalue weighted by Crippen LogP contribution is 2.38. The number of ether oxygens (including phenoxy) is 1. The van der Waals surface area contributed by atoms with Crippen LogP contribution in [0.2, 0.25) is 0 Å². The van der Waals surface area contributed by atoms with Gasteiger partial charge in [-0.1, -0.05) is 0 Å². The van der Waals surface area contributed by atoms with E-state index < -0.39 is 0 Å². The second-order valence-corrected chi connectivity index (χ2v) is 4.51. The van der Waals surface area contributed by atoms with Gasteiger partial charge in [0.2, 0.25) is 5.91 Å². The SMILES string of the molecule is COC(=O)c1ccc2c(c1)CC(=O)N2C1CC1. The standard InChI is InChI=1S/C13H13NO3/c1-17-13(16)8-2-5-11-9(6-8)7-12(15)14(11)10-3-4-10/h2,5-6,10H,3-4,7H2,1H3. The Balaban J connectivity index is 1.98. The van der Waals surface area contributed by atoms with Crippen LogP contribution in [-0.4, -0.2) is 25.0 Å². The molecule has 1 aliphatic heterocycles. The first kappa shape index (κ1) is 10.3. The molecule has 2 aliphatic rings. The van der Waals surface area contributed by atoms with Gasteiger partial charge in [0.1, 0.15) is 0 Å². The third-order valence-electron chi connectivity index (χ3n) is 3.28. The summed E-state index contributed by atoms with van der Waals surface area (Å²) in [5, 5.41) is 0. The van der Waals surface area contributed by atoms with Gasteiger partial charge in [0.25, 0.3) is 0 Å². The Hall–Kier alpha value is -1.84. The molecule has 88 valence electrons. The minimum atomic E-state index is -0.356. The van der Waals surface area contributed by atoms with E-state index in [1.54, 1.807) is 12.1 Å². The van der Waals surface area contributed by atoms with Crippen LogP contribution in [0.4, 0.5) is 5.69 Å². The van der Waals surface area contributed by atoms with Crippen molar-refractivity contribution in [1.82, 2.24) is 0 Å². The lowest BCUT2D eigenvalue weighted by Crippen LogP contribution is -2.28. The smallest absolute Gasteiger partial charge is 0.337 e. The van der Waals surface area contributed by atoms with Crippen LogP contribution < -0.4 is 4.90 Å². The molecule has 4 nitrogen and oxygen atoms in total. The van der Waals surface area contributed by atoms with E-state index >= 15 is 0 Å². The number of rotatable bonds is 2. The number of fused-ring (bicyclic) bond motifs is 1. The minimum Gasteiger partial charge on any atom is -0.465 e. The zero-order valence-corrected chi connectivity index (χ0v) is 9.60. The molecule has 3 rings (SSSR count). The third-order valence-corrected chi connectivity index (χ3v) is 3.28. The van der Waals surface area contributed by atoms with Crippen molar-refractivity contribution in [2.45, 2.75) is 25.3 Å². The second-order valence-electron chi connectivity index (χ2n) is 4.51. The van der Waals surface area contributed by atoms with Crippen molar-refractivity contribution in [2.75, 3.05) is 12.0 Å². The Kier molecular flexibility index (Phi) is 2.18. The summed E-state index contributed by atoms with van der Waals surface area (Å²) in [4.78, 5) is 25.1. The van der Waals surface area contributed by atoms with Crippen molar-refractivity contribution in [3.63, 3.8) is 0 Å². The number of esters is 1. The first-order valence-corrected chi connectivity index (χ1v) is 5.74. The van der Waals surface area contributed by atoms with Crippen LogP contribution in [0.1, 0.15) is 28.8 Å². The number of nitrogens with zero attached hydrogens (tertiary/aromatic N) is 1. The molecule has 0 N–H and O–H groups in total. The summed E-state index contributed by atoms with van der Waals surface area (Å²) in [7, 11) is 1.36. The van der Waals surface area contributed by atoms with Crippen molar-refractivity contribution in [3.8, 4) is 0 Å². The summed E-state index contributed by atoms with van der Waals surface area (Å²) in [5.41, 5.74) is 2.41. The Morgan fingerprint density at radius 2 is 2.18 bits per heavy atom. The number of carbonyl (C=O) groups is 2. The van der Waals surface area contributed by atoms with Crippen LogP contribution in [0.3, 0.4) is 0 Å².